The van der Waals surface area contributed by atoms with Crippen molar-refractivity contribution in [2.45, 2.75) is 31.6 Å². The first-order chi connectivity index (χ1) is 12.2. The summed E-state index contributed by atoms with van der Waals surface area (Å²) in [5.41, 5.74) is 2.58. The molecule has 1 heterocycles. The second-order valence-corrected chi connectivity index (χ2v) is 7.50. The Kier molecular flexibility index (Phi) is 4.48. The topological polar surface area (TPSA) is 40.5 Å². The molecule has 2 aromatic carbocycles. The van der Waals surface area contributed by atoms with Crippen molar-refractivity contribution in [1.82, 2.24) is 4.90 Å². The molecule has 1 amide bonds. The highest BCUT2D eigenvalue weighted by Gasteiger charge is 2.46. The molecule has 1 N–H and O–H groups in total. The number of phenols is 1. The predicted octanol–water partition coefficient (Wildman–Crippen LogP) is 3.98. The summed E-state index contributed by atoms with van der Waals surface area (Å²) in [6, 6.07) is 18.0. The Morgan fingerprint density at radius 1 is 1.00 bits per heavy atom. The third-order valence-corrected chi connectivity index (χ3v) is 5.72. The monoisotopic (exact) mass is 335 g/mol. The van der Waals surface area contributed by atoms with E-state index in [0.29, 0.717) is 17.7 Å². The van der Waals surface area contributed by atoms with Gasteiger partial charge in [0.15, 0.2) is 0 Å². The molecule has 3 nitrogen and oxygen atoms in total. The first-order valence-electron chi connectivity index (χ1n) is 9.32. The minimum Gasteiger partial charge on any atom is -0.508 e. The summed E-state index contributed by atoms with van der Waals surface area (Å²) in [4.78, 5) is 14.8. The van der Waals surface area contributed by atoms with Crippen molar-refractivity contribution in [2.75, 3.05) is 13.1 Å². The molecule has 2 fully saturated rings. The van der Waals surface area contributed by atoms with Gasteiger partial charge in [0.05, 0.1) is 0 Å². The number of piperidine rings is 1. The van der Waals surface area contributed by atoms with Crippen molar-refractivity contribution >= 4 is 5.91 Å². The summed E-state index contributed by atoms with van der Waals surface area (Å²) >= 11 is 0. The molecule has 1 saturated heterocycles. The molecule has 0 aromatic heterocycles. The summed E-state index contributed by atoms with van der Waals surface area (Å²) in [7, 11) is 0. The fourth-order valence-corrected chi connectivity index (χ4v) is 4.10. The minimum absolute atomic E-state index is 0.148. The number of carbonyl (C=O) groups excluding carboxylic acids is 1. The van der Waals surface area contributed by atoms with Gasteiger partial charge in [-0.3, -0.25) is 4.79 Å². The number of aromatic hydroxyl groups is 1. The SMILES string of the molecule is O=C(C1CC1c1ccc(O)cc1)N1CCC(Cc2ccccc2)CC1. The number of phenolic OH excluding ortho intramolecular Hbond substituents is 1. The zero-order valence-corrected chi connectivity index (χ0v) is 14.5. The summed E-state index contributed by atoms with van der Waals surface area (Å²) in [6.07, 6.45) is 4.30. The first kappa shape index (κ1) is 16.2. The van der Waals surface area contributed by atoms with Crippen molar-refractivity contribution in [3.8, 4) is 5.75 Å². The Bertz CT molecular complexity index is 717. The molecule has 2 unspecified atom stereocenters. The van der Waals surface area contributed by atoms with E-state index in [0.717, 1.165) is 38.8 Å². The number of benzene rings is 2. The lowest BCUT2D eigenvalue weighted by atomic mass is 9.90. The number of nitrogens with zero attached hydrogens (tertiary/aromatic N) is 1. The van der Waals surface area contributed by atoms with Gasteiger partial charge in [-0.05, 0) is 60.8 Å². The molecule has 2 aromatic rings. The molecule has 3 heteroatoms. The van der Waals surface area contributed by atoms with Crippen molar-refractivity contribution in [1.29, 1.82) is 0 Å². The van der Waals surface area contributed by atoms with Gasteiger partial charge in [0, 0.05) is 19.0 Å². The second kappa shape index (κ2) is 6.91. The van der Waals surface area contributed by atoms with Crippen LogP contribution >= 0.6 is 0 Å². The number of hydrogen-bond donors (Lipinski definition) is 1. The Morgan fingerprint density at radius 3 is 2.36 bits per heavy atom. The second-order valence-electron chi connectivity index (χ2n) is 7.50. The van der Waals surface area contributed by atoms with Crippen LogP contribution < -0.4 is 0 Å². The molecular formula is C22H25NO2. The van der Waals surface area contributed by atoms with E-state index < -0.39 is 0 Å². The van der Waals surface area contributed by atoms with Gasteiger partial charge >= 0.3 is 0 Å². The fraction of sp³-hybridized carbons (Fsp3) is 0.409. The van der Waals surface area contributed by atoms with E-state index in [4.69, 9.17) is 0 Å². The van der Waals surface area contributed by atoms with Crippen molar-refractivity contribution in [3.63, 3.8) is 0 Å². The summed E-state index contributed by atoms with van der Waals surface area (Å²) in [5.74, 6) is 1.80. The largest absolute Gasteiger partial charge is 0.508 e. The maximum atomic E-state index is 12.8. The number of carbonyl (C=O) groups is 1. The van der Waals surface area contributed by atoms with Gasteiger partial charge in [-0.15, -0.1) is 0 Å². The number of amides is 1. The lowest BCUT2D eigenvalue weighted by Crippen LogP contribution is -2.40. The number of rotatable bonds is 4. The lowest BCUT2D eigenvalue weighted by molar-refractivity contribution is -0.134. The van der Waals surface area contributed by atoms with Gasteiger partial charge in [0.25, 0.3) is 0 Å². The highest BCUT2D eigenvalue weighted by molar-refractivity contribution is 5.83. The van der Waals surface area contributed by atoms with Crippen LogP contribution in [0.15, 0.2) is 54.6 Å². The highest BCUT2D eigenvalue weighted by Crippen LogP contribution is 2.49. The molecule has 0 bridgehead atoms. The van der Waals surface area contributed by atoms with E-state index in [1.54, 1.807) is 12.1 Å². The van der Waals surface area contributed by atoms with Crippen LogP contribution in [0, 0.1) is 11.8 Å². The van der Waals surface area contributed by atoms with Crippen molar-refractivity contribution < 1.29 is 9.90 Å². The van der Waals surface area contributed by atoms with Crippen LogP contribution in [0.2, 0.25) is 0 Å². The maximum Gasteiger partial charge on any atom is 0.226 e. The first-order valence-corrected chi connectivity index (χ1v) is 9.32. The van der Waals surface area contributed by atoms with Crippen molar-refractivity contribution in [2.24, 2.45) is 11.8 Å². The van der Waals surface area contributed by atoms with Gasteiger partial charge in [-0.1, -0.05) is 42.5 Å². The minimum atomic E-state index is 0.148. The molecule has 4 rings (SSSR count). The maximum absolute atomic E-state index is 12.8. The Labute approximate surface area is 149 Å². The standard InChI is InChI=1S/C22H25NO2/c24-19-8-6-18(7-9-19)20-15-21(20)22(25)23-12-10-17(11-13-23)14-16-4-2-1-3-5-16/h1-9,17,20-21,24H,10-15H2. The van der Waals surface area contributed by atoms with Gasteiger partial charge in [-0.2, -0.15) is 0 Å². The molecule has 2 atom stereocenters. The molecular weight excluding hydrogens is 310 g/mol. The number of hydrogen-bond acceptors (Lipinski definition) is 2. The van der Waals surface area contributed by atoms with Gasteiger partial charge in [0.2, 0.25) is 5.91 Å². The van der Waals surface area contributed by atoms with Crippen LogP contribution in [0.3, 0.4) is 0 Å². The van der Waals surface area contributed by atoms with Crippen LogP contribution in [-0.2, 0) is 11.2 Å². The van der Waals surface area contributed by atoms with Crippen molar-refractivity contribution in [3.05, 3.63) is 65.7 Å². The van der Waals surface area contributed by atoms with E-state index >= 15 is 0 Å². The summed E-state index contributed by atoms with van der Waals surface area (Å²) in [6.45, 7) is 1.80. The van der Waals surface area contributed by atoms with Crippen LogP contribution in [0.1, 0.15) is 36.3 Å². The molecule has 130 valence electrons. The third kappa shape index (κ3) is 3.71. The fourth-order valence-electron chi connectivity index (χ4n) is 4.10. The summed E-state index contributed by atoms with van der Waals surface area (Å²) in [5, 5.41) is 9.39. The zero-order valence-electron chi connectivity index (χ0n) is 14.5. The highest BCUT2D eigenvalue weighted by atomic mass is 16.3. The van der Waals surface area contributed by atoms with E-state index in [1.165, 1.54) is 11.1 Å². The van der Waals surface area contributed by atoms with Crippen LogP contribution in [0.4, 0.5) is 0 Å². The number of likely N-dealkylation sites (tertiary alicyclic amines) is 1. The van der Waals surface area contributed by atoms with Crippen LogP contribution in [-0.4, -0.2) is 29.0 Å². The zero-order chi connectivity index (χ0) is 17.2. The van der Waals surface area contributed by atoms with Gasteiger partial charge in [-0.25, -0.2) is 0 Å². The molecule has 0 spiro atoms. The summed E-state index contributed by atoms with van der Waals surface area (Å²) < 4.78 is 0. The molecule has 0 radical (unpaired) electrons. The Morgan fingerprint density at radius 2 is 1.68 bits per heavy atom. The average Bonchev–Trinajstić information content (AvgIpc) is 3.44. The van der Waals surface area contributed by atoms with Gasteiger partial charge < -0.3 is 10.0 Å². The molecule has 1 aliphatic heterocycles. The van der Waals surface area contributed by atoms with Gasteiger partial charge in [0.1, 0.15) is 5.75 Å². The molecule has 25 heavy (non-hydrogen) atoms. The predicted molar refractivity (Wildman–Crippen MR) is 98.4 cm³/mol. The average molecular weight is 335 g/mol. The Hall–Kier alpha value is -2.29. The normalized spacial score (nSPS) is 23.4. The third-order valence-electron chi connectivity index (χ3n) is 5.72. The molecule has 1 aliphatic carbocycles. The molecule has 2 aliphatic rings. The van der Waals surface area contributed by atoms with E-state index in [9.17, 15) is 9.90 Å². The van der Waals surface area contributed by atoms with E-state index in [-0.39, 0.29) is 11.7 Å². The van der Waals surface area contributed by atoms with E-state index in [2.05, 4.69) is 35.2 Å². The van der Waals surface area contributed by atoms with E-state index in [1.807, 2.05) is 12.1 Å². The smallest absolute Gasteiger partial charge is 0.226 e. The quantitative estimate of drug-likeness (QED) is 0.918. The lowest BCUT2D eigenvalue weighted by Gasteiger charge is -2.32. The van der Waals surface area contributed by atoms with Crippen LogP contribution in [0.5, 0.6) is 5.75 Å². The van der Waals surface area contributed by atoms with Crippen LogP contribution in [0.25, 0.3) is 0 Å². The Balaban J connectivity index is 1.28. The molecule has 1 saturated carbocycles.